The van der Waals surface area contributed by atoms with Gasteiger partial charge in [-0.1, -0.05) is 49.7 Å². The molecule has 0 aromatic heterocycles. The van der Waals surface area contributed by atoms with Crippen LogP contribution in [-0.4, -0.2) is 5.97 Å². The van der Waals surface area contributed by atoms with Crippen LogP contribution in [0, 0.1) is 17.2 Å². The summed E-state index contributed by atoms with van der Waals surface area (Å²) in [6.45, 7) is 3.94. The molecular weight excluding hydrogens is 334 g/mol. The van der Waals surface area contributed by atoms with Crippen molar-refractivity contribution in [2.75, 3.05) is 0 Å². The molecule has 0 atom stereocenters. The fourth-order valence-corrected chi connectivity index (χ4v) is 2.59. The van der Waals surface area contributed by atoms with Gasteiger partial charge in [0.05, 0.1) is 17.6 Å². The Balaban J connectivity index is 2.24. The summed E-state index contributed by atoms with van der Waals surface area (Å²) in [6.07, 6.45) is 3.27. The quantitative estimate of drug-likeness (QED) is 0.287. The second-order valence-corrected chi connectivity index (χ2v) is 6.12. The Morgan fingerprint density at radius 2 is 1.88 bits per heavy atom. The normalized spacial score (nSPS) is 11.2. The maximum atomic E-state index is 12.1. The monoisotopic (exact) mass is 353 g/mol. The van der Waals surface area contributed by atoms with Gasteiger partial charge >= 0.3 is 5.97 Å². The van der Waals surface area contributed by atoms with Crippen molar-refractivity contribution in [2.45, 2.75) is 26.7 Å². The lowest BCUT2D eigenvalue weighted by atomic mass is 10.0. The molecule has 0 amide bonds. The fraction of sp³-hybridized carbons (Fsp3) is 0.238. The Hall–Kier alpha value is -2.57. The van der Waals surface area contributed by atoms with Crippen LogP contribution in [0.5, 0.6) is 5.75 Å². The molecular formula is C21H20ClNO2. The van der Waals surface area contributed by atoms with Crippen LogP contribution in [0.3, 0.4) is 0 Å². The molecule has 0 bridgehead atoms. The van der Waals surface area contributed by atoms with Crippen LogP contribution in [0.4, 0.5) is 0 Å². The van der Waals surface area contributed by atoms with E-state index in [1.165, 1.54) is 0 Å². The van der Waals surface area contributed by atoms with Gasteiger partial charge in [-0.15, -0.1) is 0 Å². The number of carbonyl (C=O) groups is 1. The van der Waals surface area contributed by atoms with Gasteiger partial charge in [-0.3, -0.25) is 4.79 Å². The molecule has 0 N–H and O–H groups in total. The molecule has 0 saturated carbocycles. The number of hydrogen-bond donors (Lipinski definition) is 0. The molecule has 3 nitrogen and oxygen atoms in total. The van der Waals surface area contributed by atoms with E-state index >= 15 is 0 Å². The van der Waals surface area contributed by atoms with Crippen molar-refractivity contribution >= 4 is 29.2 Å². The molecule has 0 saturated heterocycles. The lowest BCUT2D eigenvalue weighted by Gasteiger charge is -2.11. The molecule has 0 radical (unpaired) electrons. The van der Waals surface area contributed by atoms with E-state index in [1.807, 2.05) is 19.9 Å². The fourth-order valence-electron chi connectivity index (χ4n) is 2.47. The summed E-state index contributed by atoms with van der Waals surface area (Å²) in [6, 6.07) is 16.5. The highest BCUT2D eigenvalue weighted by Crippen LogP contribution is 2.23. The average Bonchev–Trinajstić information content (AvgIpc) is 2.62. The first-order valence-corrected chi connectivity index (χ1v) is 8.64. The van der Waals surface area contributed by atoms with Gasteiger partial charge in [0.15, 0.2) is 0 Å². The van der Waals surface area contributed by atoms with E-state index in [0.717, 1.165) is 24.0 Å². The second kappa shape index (κ2) is 9.05. The third kappa shape index (κ3) is 5.20. The van der Waals surface area contributed by atoms with E-state index in [2.05, 4.69) is 6.07 Å². The van der Waals surface area contributed by atoms with Crippen LogP contribution >= 0.6 is 11.6 Å². The minimum Gasteiger partial charge on any atom is -0.426 e. The van der Waals surface area contributed by atoms with Crippen molar-refractivity contribution in [3.63, 3.8) is 0 Å². The van der Waals surface area contributed by atoms with Crippen LogP contribution in [0.2, 0.25) is 5.02 Å². The minimum absolute atomic E-state index is 0.0945. The Labute approximate surface area is 153 Å². The smallest absolute Gasteiger partial charge is 0.314 e. The number of rotatable bonds is 6. The van der Waals surface area contributed by atoms with Crippen molar-refractivity contribution in [2.24, 2.45) is 5.92 Å². The summed E-state index contributed by atoms with van der Waals surface area (Å²) in [4.78, 5) is 12.1. The number of carbonyl (C=O) groups excluding carboxylic acids is 1. The summed E-state index contributed by atoms with van der Waals surface area (Å²) in [5, 5.41) is 10.0. The SMILES string of the molecule is CCC(CC)C(=O)Oc1cccc(/C=C(/C#N)c2ccc(Cl)cc2)c1. The summed E-state index contributed by atoms with van der Waals surface area (Å²) < 4.78 is 5.47. The first-order valence-electron chi connectivity index (χ1n) is 8.26. The van der Waals surface area contributed by atoms with E-state index in [-0.39, 0.29) is 11.9 Å². The number of nitriles is 1. The molecule has 0 spiro atoms. The minimum atomic E-state index is -0.218. The molecule has 2 aromatic rings. The largest absolute Gasteiger partial charge is 0.426 e. The zero-order chi connectivity index (χ0) is 18.2. The number of ether oxygens (including phenoxy) is 1. The van der Waals surface area contributed by atoms with E-state index in [1.54, 1.807) is 48.5 Å². The zero-order valence-corrected chi connectivity index (χ0v) is 15.1. The van der Waals surface area contributed by atoms with Gasteiger partial charge in [-0.2, -0.15) is 5.26 Å². The Bertz CT molecular complexity index is 799. The van der Waals surface area contributed by atoms with E-state index in [9.17, 15) is 10.1 Å². The molecule has 2 aromatic carbocycles. The summed E-state index contributed by atoms with van der Waals surface area (Å²) in [5.74, 6) is 0.173. The Morgan fingerprint density at radius 1 is 1.20 bits per heavy atom. The number of halogens is 1. The summed E-state index contributed by atoms with van der Waals surface area (Å²) >= 11 is 5.89. The van der Waals surface area contributed by atoms with Crippen LogP contribution in [-0.2, 0) is 4.79 Å². The number of allylic oxidation sites excluding steroid dienone is 1. The molecule has 25 heavy (non-hydrogen) atoms. The third-order valence-electron chi connectivity index (χ3n) is 3.98. The lowest BCUT2D eigenvalue weighted by molar-refractivity contribution is -0.139. The van der Waals surface area contributed by atoms with Gasteiger partial charge in [0.25, 0.3) is 0 Å². The highest BCUT2D eigenvalue weighted by Gasteiger charge is 2.16. The number of benzene rings is 2. The molecule has 0 heterocycles. The van der Waals surface area contributed by atoms with Crippen molar-refractivity contribution < 1.29 is 9.53 Å². The van der Waals surface area contributed by atoms with Crippen LogP contribution < -0.4 is 4.74 Å². The zero-order valence-electron chi connectivity index (χ0n) is 14.3. The van der Waals surface area contributed by atoms with Gasteiger partial charge in [0.2, 0.25) is 0 Å². The highest BCUT2D eigenvalue weighted by atomic mass is 35.5. The average molecular weight is 354 g/mol. The molecule has 0 aliphatic rings. The van der Waals surface area contributed by atoms with Crippen molar-refractivity contribution in [1.82, 2.24) is 0 Å². The lowest BCUT2D eigenvalue weighted by Crippen LogP contribution is -2.19. The standard InChI is InChI=1S/C21H20ClNO2/c1-3-16(4-2)21(24)25-20-7-5-6-15(13-20)12-18(14-23)17-8-10-19(22)11-9-17/h5-13,16H,3-4H2,1-2H3/b18-12-. The highest BCUT2D eigenvalue weighted by molar-refractivity contribution is 6.30. The molecule has 0 aliphatic heterocycles. The Morgan fingerprint density at radius 3 is 2.48 bits per heavy atom. The van der Waals surface area contributed by atoms with Crippen LogP contribution in [0.25, 0.3) is 11.6 Å². The van der Waals surface area contributed by atoms with Crippen LogP contribution in [0.1, 0.15) is 37.8 Å². The Kier molecular flexibility index (Phi) is 6.80. The molecule has 0 aliphatic carbocycles. The molecule has 4 heteroatoms. The number of esters is 1. The van der Waals surface area contributed by atoms with E-state index in [4.69, 9.17) is 16.3 Å². The second-order valence-electron chi connectivity index (χ2n) is 5.68. The molecule has 128 valence electrons. The number of hydrogen-bond acceptors (Lipinski definition) is 3. The van der Waals surface area contributed by atoms with Gasteiger partial charge in [-0.25, -0.2) is 0 Å². The topological polar surface area (TPSA) is 50.1 Å². The summed E-state index contributed by atoms with van der Waals surface area (Å²) in [5.41, 5.74) is 2.09. The predicted octanol–water partition coefficient (Wildman–Crippen LogP) is 5.75. The van der Waals surface area contributed by atoms with Gasteiger partial charge in [-0.05, 0) is 54.3 Å². The van der Waals surface area contributed by atoms with Crippen LogP contribution in [0.15, 0.2) is 48.5 Å². The molecule has 0 fully saturated rings. The third-order valence-corrected chi connectivity index (χ3v) is 4.23. The van der Waals surface area contributed by atoms with Crippen molar-refractivity contribution in [3.05, 3.63) is 64.7 Å². The predicted molar refractivity (Wildman–Crippen MR) is 101 cm³/mol. The first kappa shape index (κ1) is 18.8. The van der Waals surface area contributed by atoms with Gasteiger partial charge in [0, 0.05) is 5.02 Å². The van der Waals surface area contributed by atoms with Crippen molar-refractivity contribution in [1.29, 1.82) is 5.26 Å². The van der Waals surface area contributed by atoms with Gasteiger partial charge in [0.1, 0.15) is 5.75 Å². The number of nitrogens with zero attached hydrogens (tertiary/aromatic N) is 1. The maximum Gasteiger partial charge on any atom is 0.314 e. The van der Waals surface area contributed by atoms with E-state index in [0.29, 0.717) is 16.3 Å². The van der Waals surface area contributed by atoms with E-state index < -0.39 is 0 Å². The molecule has 0 unspecified atom stereocenters. The summed E-state index contributed by atoms with van der Waals surface area (Å²) in [7, 11) is 0. The first-order chi connectivity index (χ1) is 12.1. The molecule has 2 rings (SSSR count). The van der Waals surface area contributed by atoms with Crippen molar-refractivity contribution in [3.8, 4) is 11.8 Å². The van der Waals surface area contributed by atoms with Gasteiger partial charge < -0.3 is 4.74 Å². The maximum absolute atomic E-state index is 12.1.